The van der Waals surface area contributed by atoms with Crippen LogP contribution in [0.3, 0.4) is 0 Å². The van der Waals surface area contributed by atoms with Gasteiger partial charge in [-0.25, -0.2) is 4.98 Å². The molecule has 0 N–H and O–H groups in total. The van der Waals surface area contributed by atoms with Crippen LogP contribution in [0, 0.1) is 17.0 Å². The number of para-hydroxylation sites is 1. The van der Waals surface area contributed by atoms with Crippen molar-refractivity contribution in [3.05, 3.63) is 55.1 Å². The van der Waals surface area contributed by atoms with Crippen molar-refractivity contribution in [2.75, 3.05) is 0 Å². The standard InChI is InChI=1S/C12H8Br2N2O3/c1-7-3-2-4-10(11(7)16(17)18)19-12-9(14)5-8(13)6-15-12/h2-6H,1H3. The third kappa shape index (κ3) is 3.10. The van der Waals surface area contributed by atoms with Crippen molar-refractivity contribution in [1.29, 1.82) is 0 Å². The second kappa shape index (κ2) is 5.66. The molecule has 0 bridgehead atoms. The topological polar surface area (TPSA) is 65.3 Å². The van der Waals surface area contributed by atoms with E-state index >= 15 is 0 Å². The summed E-state index contributed by atoms with van der Waals surface area (Å²) in [6.45, 7) is 1.66. The van der Waals surface area contributed by atoms with Crippen LogP contribution in [0.25, 0.3) is 0 Å². The summed E-state index contributed by atoms with van der Waals surface area (Å²) >= 11 is 6.57. The number of aryl methyl sites for hydroxylation is 1. The van der Waals surface area contributed by atoms with Crippen molar-refractivity contribution in [2.24, 2.45) is 0 Å². The van der Waals surface area contributed by atoms with Crippen LogP contribution in [0.15, 0.2) is 39.4 Å². The molecule has 0 aliphatic carbocycles. The molecule has 0 atom stereocenters. The molecule has 0 amide bonds. The summed E-state index contributed by atoms with van der Waals surface area (Å²) in [5.74, 6) is 0.442. The molecule has 0 saturated carbocycles. The Morgan fingerprint density at radius 3 is 2.74 bits per heavy atom. The maximum Gasteiger partial charge on any atom is 0.314 e. The fourth-order valence-electron chi connectivity index (χ4n) is 1.53. The molecule has 0 fully saturated rings. The highest BCUT2D eigenvalue weighted by Gasteiger charge is 2.19. The molecule has 1 aromatic heterocycles. The van der Waals surface area contributed by atoms with Gasteiger partial charge in [-0.05, 0) is 50.9 Å². The fraction of sp³-hybridized carbons (Fsp3) is 0.0833. The summed E-state index contributed by atoms with van der Waals surface area (Å²) in [6.07, 6.45) is 1.56. The molecule has 0 saturated heterocycles. The van der Waals surface area contributed by atoms with E-state index in [0.717, 1.165) is 4.47 Å². The van der Waals surface area contributed by atoms with Crippen molar-refractivity contribution in [3.63, 3.8) is 0 Å². The second-order valence-corrected chi connectivity index (χ2v) is 5.49. The average molecular weight is 388 g/mol. The van der Waals surface area contributed by atoms with Crippen LogP contribution >= 0.6 is 31.9 Å². The Hall–Kier alpha value is -1.47. The monoisotopic (exact) mass is 386 g/mol. The van der Waals surface area contributed by atoms with Gasteiger partial charge in [0.2, 0.25) is 11.6 Å². The maximum absolute atomic E-state index is 11.1. The lowest BCUT2D eigenvalue weighted by molar-refractivity contribution is -0.386. The minimum Gasteiger partial charge on any atom is -0.431 e. The third-order valence-corrected chi connectivity index (χ3v) is 3.37. The molecule has 19 heavy (non-hydrogen) atoms. The highest BCUT2D eigenvalue weighted by atomic mass is 79.9. The molecule has 0 aliphatic heterocycles. The van der Waals surface area contributed by atoms with Crippen molar-refractivity contribution in [1.82, 2.24) is 4.98 Å². The van der Waals surface area contributed by atoms with E-state index in [1.807, 2.05) is 0 Å². The quantitative estimate of drug-likeness (QED) is 0.569. The molecule has 2 aromatic rings. The third-order valence-electron chi connectivity index (χ3n) is 2.36. The van der Waals surface area contributed by atoms with E-state index in [9.17, 15) is 10.1 Å². The van der Waals surface area contributed by atoms with Gasteiger partial charge in [0.15, 0.2) is 0 Å². The summed E-state index contributed by atoms with van der Waals surface area (Å²) in [7, 11) is 0. The van der Waals surface area contributed by atoms with E-state index in [1.54, 1.807) is 37.4 Å². The first-order valence-corrected chi connectivity index (χ1v) is 6.80. The summed E-state index contributed by atoms with van der Waals surface area (Å²) in [4.78, 5) is 14.7. The van der Waals surface area contributed by atoms with Gasteiger partial charge in [0, 0.05) is 16.2 Å². The van der Waals surface area contributed by atoms with Gasteiger partial charge in [0.1, 0.15) is 0 Å². The van der Waals surface area contributed by atoms with Gasteiger partial charge in [0.25, 0.3) is 0 Å². The number of benzene rings is 1. The lowest BCUT2D eigenvalue weighted by Crippen LogP contribution is -1.97. The van der Waals surface area contributed by atoms with E-state index in [4.69, 9.17) is 4.74 Å². The Kier molecular flexibility index (Phi) is 4.16. The number of nitrogens with zero attached hydrogens (tertiary/aromatic N) is 2. The molecule has 1 heterocycles. The molecule has 0 aliphatic rings. The van der Waals surface area contributed by atoms with Crippen LogP contribution in [0.1, 0.15) is 5.56 Å². The molecule has 5 nitrogen and oxygen atoms in total. The zero-order valence-electron chi connectivity index (χ0n) is 9.76. The van der Waals surface area contributed by atoms with Crippen LogP contribution in [0.2, 0.25) is 0 Å². The van der Waals surface area contributed by atoms with E-state index in [2.05, 4.69) is 36.8 Å². The molecular weight excluding hydrogens is 380 g/mol. The van der Waals surface area contributed by atoms with Crippen molar-refractivity contribution in [2.45, 2.75) is 6.92 Å². The van der Waals surface area contributed by atoms with Crippen LogP contribution in [-0.4, -0.2) is 9.91 Å². The number of nitro benzene ring substituents is 1. The summed E-state index contributed by atoms with van der Waals surface area (Å²) in [5.41, 5.74) is 0.481. The van der Waals surface area contributed by atoms with Gasteiger partial charge >= 0.3 is 5.69 Å². The van der Waals surface area contributed by atoms with Gasteiger partial charge < -0.3 is 4.74 Å². The van der Waals surface area contributed by atoms with Crippen molar-refractivity contribution >= 4 is 37.5 Å². The Bertz CT molecular complexity index is 647. The summed E-state index contributed by atoms with van der Waals surface area (Å²) in [6, 6.07) is 6.66. The Balaban J connectivity index is 2.44. The van der Waals surface area contributed by atoms with Crippen molar-refractivity contribution < 1.29 is 9.66 Å². The van der Waals surface area contributed by atoms with Gasteiger partial charge in [-0.3, -0.25) is 10.1 Å². The number of ether oxygens (including phenoxy) is 1. The Morgan fingerprint density at radius 2 is 2.11 bits per heavy atom. The molecular formula is C12H8Br2N2O3. The molecule has 98 valence electrons. The number of hydrogen-bond donors (Lipinski definition) is 0. The molecule has 1 aromatic carbocycles. The first-order chi connectivity index (χ1) is 8.99. The number of halogens is 2. The molecule has 7 heteroatoms. The summed E-state index contributed by atoms with van der Waals surface area (Å²) < 4.78 is 6.91. The number of aromatic nitrogens is 1. The average Bonchev–Trinajstić information content (AvgIpc) is 2.32. The van der Waals surface area contributed by atoms with E-state index in [1.165, 1.54) is 0 Å². The number of pyridine rings is 1. The zero-order valence-corrected chi connectivity index (χ0v) is 12.9. The van der Waals surface area contributed by atoms with Gasteiger partial charge in [-0.1, -0.05) is 12.1 Å². The molecule has 0 radical (unpaired) electrons. The molecule has 0 spiro atoms. The smallest absolute Gasteiger partial charge is 0.314 e. The second-order valence-electron chi connectivity index (χ2n) is 3.72. The zero-order chi connectivity index (χ0) is 14.0. The van der Waals surface area contributed by atoms with Gasteiger partial charge in [-0.2, -0.15) is 0 Å². The van der Waals surface area contributed by atoms with Crippen LogP contribution in [-0.2, 0) is 0 Å². The fourth-order valence-corrected chi connectivity index (χ4v) is 2.60. The van der Waals surface area contributed by atoms with Crippen LogP contribution < -0.4 is 4.74 Å². The maximum atomic E-state index is 11.1. The summed E-state index contributed by atoms with van der Waals surface area (Å²) in [5, 5.41) is 11.1. The van der Waals surface area contributed by atoms with Crippen LogP contribution in [0.4, 0.5) is 5.69 Å². The van der Waals surface area contributed by atoms with Crippen molar-refractivity contribution in [3.8, 4) is 11.6 Å². The Morgan fingerprint density at radius 1 is 1.37 bits per heavy atom. The van der Waals surface area contributed by atoms with E-state index in [-0.39, 0.29) is 17.3 Å². The largest absolute Gasteiger partial charge is 0.431 e. The number of hydrogen-bond acceptors (Lipinski definition) is 4. The predicted molar refractivity (Wildman–Crippen MR) is 77.5 cm³/mol. The van der Waals surface area contributed by atoms with E-state index in [0.29, 0.717) is 10.0 Å². The van der Waals surface area contributed by atoms with Crippen LogP contribution in [0.5, 0.6) is 11.6 Å². The number of nitro groups is 1. The highest BCUT2D eigenvalue weighted by Crippen LogP contribution is 2.36. The van der Waals surface area contributed by atoms with Gasteiger partial charge in [-0.15, -0.1) is 0 Å². The lowest BCUT2D eigenvalue weighted by Gasteiger charge is -2.08. The first kappa shape index (κ1) is 14.0. The minimum atomic E-state index is -0.461. The van der Waals surface area contributed by atoms with E-state index < -0.39 is 4.92 Å². The SMILES string of the molecule is Cc1cccc(Oc2ncc(Br)cc2Br)c1[N+](=O)[O-]. The predicted octanol–water partition coefficient (Wildman–Crippen LogP) is 4.62. The molecule has 0 unspecified atom stereocenters. The normalized spacial score (nSPS) is 10.3. The Labute approximate surface area is 126 Å². The first-order valence-electron chi connectivity index (χ1n) is 5.22. The minimum absolute atomic E-state index is 0.0564. The molecule has 2 rings (SSSR count). The highest BCUT2D eigenvalue weighted by molar-refractivity contribution is 9.11. The lowest BCUT2D eigenvalue weighted by atomic mass is 10.2. The van der Waals surface area contributed by atoms with Gasteiger partial charge in [0.05, 0.1) is 9.40 Å². The number of rotatable bonds is 3.